The van der Waals surface area contributed by atoms with Crippen molar-refractivity contribution in [2.45, 2.75) is 19.3 Å². The van der Waals surface area contributed by atoms with Crippen LogP contribution in [-0.2, 0) is 4.79 Å². The third-order valence-corrected chi connectivity index (χ3v) is 5.00. The summed E-state index contributed by atoms with van der Waals surface area (Å²) in [7, 11) is 0. The number of rotatable bonds is 2. The summed E-state index contributed by atoms with van der Waals surface area (Å²) in [6, 6.07) is 0.161. The second-order valence-corrected chi connectivity index (χ2v) is 6.30. The molecule has 6 heteroatoms. The Kier molecular flexibility index (Phi) is 3.83. The lowest BCUT2D eigenvalue weighted by molar-refractivity contribution is -0.138. The molecule has 2 saturated heterocycles. The molecule has 2 amide bonds. The van der Waals surface area contributed by atoms with Crippen LogP contribution in [-0.4, -0.2) is 77.6 Å². The zero-order valence-corrected chi connectivity index (χ0v) is 11.8. The van der Waals surface area contributed by atoms with Crippen molar-refractivity contribution in [2.75, 3.05) is 45.8 Å². The van der Waals surface area contributed by atoms with E-state index in [-0.39, 0.29) is 12.6 Å². The second kappa shape index (κ2) is 5.60. The Morgan fingerprint density at radius 2 is 1.55 bits per heavy atom. The number of hydrogen-bond donors (Lipinski definition) is 1. The van der Waals surface area contributed by atoms with Crippen LogP contribution in [0.2, 0.25) is 0 Å². The first kappa shape index (κ1) is 13.7. The van der Waals surface area contributed by atoms with Crippen LogP contribution in [0.5, 0.6) is 0 Å². The van der Waals surface area contributed by atoms with Crippen LogP contribution in [0.1, 0.15) is 19.3 Å². The van der Waals surface area contributed by atoms with Gasteiger partial charge in [-0.25, -0.2) is 4.79 Å². The molecular weight excluding hydrogens is 258 g/mol. The number of hydrogen-bond acceptors (Lipinski definition) is 3. The lowest BCUT2D eigenvalue weighted by Crippen LogP contribution is -2.53. The SMILES string of the molecule is O=C(O)CN1CCN(C(=O)N2CC3CCCC3C2)CC1. The Hall–Kier alpha value is -1.30. The van der Waals surface area contributed by atoms with Gasteiger partial charge >= 0.3 is 12.0 Å². The molecule has 0 spiro atoms. The van der Waals surface area contributed by atoms with E-state index in [2.05, 4.69) is 0 Å². The predicted molar refractivity (Wildman–Crippen MR) is 73.4 cm³/mol. The molecular formula is C14H23N3O3. The molecule has 0 aromatic heterocycles. The summed E-state index contributed by atoms with van der Waals surface area (Å²) >= 11 is 0. The average Bonchev–Trinajstić information content (AvgIpc) is 2.98. The van der Waals surface area contributed by atoms with E-state index in [0.29, 0.717) is 26.2 Å². The van der Waals surface area contributed by atoms with Crippen LogP contribution in [0.15, 0.2) is 0 Å². The van der Waals surface area contributed by atoms with Crippen molar-refractivity contribution >= 4 is 12.0 Å². The average molecular weight is 281 g/mol. The van der Waals surface area contributed by atoms with E-state index in [9.17, 15) is 9.59 Å². The van der Waals surface area contributed by atoms with Gasteiger partial charge in [0.25, 0.3) is 0 Å². The van der Waals surface area contributed by atoms with Crippen LogP contribution in [0, 0.1) is 11.8 Å². The van der Waals surface area contributed by atoms with E-state index >= 15 is 0 Å². The van der Waals surface area contributed by atoms with E-state index < -0.39 is 5.97 Å². The first-order valence-corrected chi connectivity index (χ1v) is 7.61. The number of carbonyl (C=O) groups excluding carboxylic acids is 1. The van der Waals surface area contributed by atoms with Crippen LogP contribution < -0.4 is 0 Å². The molecule has 0 radical (unpaired) electrons. The maximum Gasteiger partial charge on any atom is 0.320 e. The minimum absolute atomic E-state index is 0.0793. The highest BCUT2D eigenvalue weighted by molar-refractivity contribution is 5.75. The summed E-state index contributed by atoms with van der Waals surface area (Å²) in [6.45, 7) is 4.57. The molecule has 112 valence electrons. The van der Waals surface area contributed by atoms with Gasteiger partial charge in [0.15, 0.2) is 0 Å². The number of urea groups is 1. The van der Waals surface area contributed by atoms with Crippen molar-refractivity contribution in [3.8, 4) is 0 Å². The van der Waals surface area contributed by atoms with Gasteiger partial charge in [-0.2, -0.15) is 0 Å². The molecule has 0 aromatic carbocycles. The molecule has 6 nitrogen and oxygen atoms in total. The largest absolute Gasteiger partial charge is 0.480 e. The number of aliphatic carboxylic acids is 1. The summed E-state index contributed by atoms with van der Waals surface area (Å²) in [5.74, 6) is 0.664. The zero-order valence-electron chi connectivity index (χ0n) is 11.8. The van der Waals surface area contributed by atoms with Gasteiger partial charge in [-0.15, -0.1) is 0 Å². The number of carboxylic acid groups (broad SMARTS) is 1. The Morgan fingerprint density at radius 1 is 0.950 bits per heavy atom. The van der Waals surface area contributed by atoms with Crippen LogP contribution >= 0.6 is 0 Å². The van der Waals surface area contributed by atoms with E-state index in [1.807, 2.05) is 14.7 Å². The van der Waals surface area contributed by atoms with Crippen molar-refractivity contribution < 1.29 is 14.7 Å². The molecule has 1 saturated carbocycles. The molecule has 0 bridgehead atoms. The quantitative estimate of drug-likeness (QED) is 0.802. The van der Waals surface area contributed by atoms with E-state index in [1.54, 1.807) is 0 Å². The van der Waals surface area contributed by atoms with E-state index in [4.69, 9.17) is 5.11 Å². The third-order valence-electron chi connectivity index (χ3n) is 5.00. The molecule has 2 atom stereocenters. The van der Waals surface area contributed by atoms with Gasteiger partial charge in [0.2, 0.25) is 0 Å². The Morgan fingerprint density at radius 3 is 2.10 bits per heavy atom. The fraction of sp³-hybridized carbons (Fsp3) is 0.857. The number of piperazine rings is 1. The van der Waals surface area contributed by atoms with Crippen LogP contribution in [0.3, 0.4) is 0 Å². The van der Waals surface area contributed by atoms with Gasteiger partial charge in [-0.05, 0) is 24.7 Å². The van der Waals surface area contributed by atoms with Gasteiger partial charge in [0, 0.05) is 39.3 Å². The summed E-state index contributed by atoms with van der Waals surface area (Å²) in [4.78, 5) is 28.9. The highest BCUT2D eigenvalue weighted by atomic mass is 16.4. The highest BCUT2D eigenvalue weighted by Gasteiger charge is 2.39. The lowest BCUT2D eigenvalue weighted by Gasteiger charge is -2.36. The second-order valence-electron chi connectivity index (χ2n) is 6.30. The summed E-state index contributed by atoms with van der Waals surface area (Å²) < 4.78 is 0. The van der Waals surface area contributed by atoms with Gasteiger partial charge in [0.05, 0.1) is 6.54 Å². The zero-order chi connectivity index (χ0) is 14.1. The van der Waals surface area contributed by atoms with Crippen molar-refractivity contribution in [1.29, 1.82) is 0 Å². The van der Waals surface area contributed by atoms with E-state index in [1.165, 1.54) is 19.3 Å². The molecule has 3 rings (SSSR count). The molecule has 3 aliphatic rings. The third kappa shape index (κ3) is 2.75. The minimum Gasteiger partial charge on any atom is -0.480 e. The molecule has 0 aromatic rings. The number of carbonyl (C=O) groups is 2. The first-order valence-electron chi connectivity index (χ1n) is 7.61. The van der Waals surface area contributed by atoms with Crippen molar-refractivity contribution in [3.63, 3.8) is 0 Å². The maximum atomic E-state index is 12.5. The van der Waals surface area contributed by atoms with E-state index in [0.717, 1.165) is 24.9 Å². The number of amides is 2. The fourth-order valence-corrected chi connectivity index (χ4v) is 3.88. The molecule has 3 fully saturated rings. The fourth-order valence-electron chi connectivity index (χ4n) is 3.88. The lowest BCUT2D eigenvalue weighted by atomic mass is 10.0. The van der Waals surface area contributed by atoms with Gasteiger partial charge in [0.1, 0.15) is 0 Å². The molecule has 20 heavy (non-hydrogen) atoms. The van der Waals surface area contributed by atoms with Gasteiger partial charge < -0.3 is 14.9 Å². The van der Waals surface area contributed by atoms with Crippen molar-refractivity contribution in [1.82, 2.24) is 14.7 Å². The van der Waals surface area contributed by atoms with Crippen LogP contribution in [0.4, 0.5) is 4.79 Å². The monoisotopic (exact) mass is 281 g/mol. The molecule has 2 heterocycles. The van der Waals surface area contributed by atoms with Crippen molar-refractivity contribution in [3.05, 3.63) is 0 Å². The molecule has 2 unspecified atom stereocenters. The van der Waals surface area contributed by atoms with Crippen LogP contribution in [0.25, 0.3) is 0 Å². The smallest absolute Gasteiger partial charge is 0.320 e. The Bertz CT molecular complexity index is 381. The number of carboxylic acids is 1. The summed E-state index contributed by atoms with van der Waals surface area (Å²) in [5.41, 5.74) is 0. The molecule has 2 aliphatic heterocycles. The number of nitrogens with zero attached hydrogens (tertiary/aromatic N) is 3. The van der Waals surface area contributed by atoms with Gasteiger partial charge in [-0.3, -0.25) is 9.69 Å². The number of fused-ring (bicyclic) bond motifs is 1. The Labute approximate surface area is 119 Å². The maximum absolute atomic E-state index is 12.5. The Balaban J connectivity index is 1.48. The number of likely N-dealkylation sites (tertiary alicyclic amines) is 1. The minimum atomic E-state index is -0.794. The summed E-state index contributed by atoms with van der Waals surface area (Å²) in [5, 5.41) is 8.77. The highest BCUT2D eigenvalue weighted by Crippen LogP contribution is 2.38. The molecule has 1 N–H and O–H groups in total. The standard InChI is InChI=1S/C14H23N3O3/c18-13(19)10-15-4-6-16(7-5-15)14(20)17-8-11-2-1-3-12(11)9-17/h11-12H,1-10H2,(H,18,19). The van der Waals surface area contributed by atoms with Crippen molar-refractivity contribution in [2.24, 2.45) is 11.8 Å². The predicted octanol–water partition coefficient (Wildman–Crippen LogP) is 0.540. The van der Waals surface area contributed by atoms with Gasteiger partial charge in [-0.1, -0.05) is 6.42 Å². The summed E-state index contributed by atoms with van der Waals surface area (Å²) in [6.07, 6.45) is 3.88. The topological polar surface area (TPSA) is 64.1 Å². The molecule has 1 aliphatic carbocycles. The normalized spacial score (nSPS) is 30.6. The first-order chi connectivity index (χ1) is 9.63.